The van der Waals surface area contributed by atoms with Crippen molar-refractivity contribution in [2.24, 2.45) is 0 Å². The molecule has 2 heterocycles. The van der Waals surface area contributed by atoms with E-state index in [0.717, 1.165) is 5.69 Å². The standard InChI is InChI=1S/C13H13ClN2O3S2/c1-19-11(17)4-2-3-8-7-20-13(15-8)16-12(18)9-5-6-10(14)21-9/h5-7H,2-4H2,1H3,(H,15,16,18). The summed E-state index contributed by atoms with van der Waals surface area (Å²) in [6.45, 7) is 0. The fraction of sp³-hybridized carbons (Fsp3) is 0.308. The number of anilines is 1. The number of carbonyl (C=O) groups excluding carboxylic acids is 2. The number of thiophene rings is 1. The van der Waals surface area contributed by atoms with Gasteiger partial charge >= 0.3 is 5.97 Å². The Morgan fingerprint density at radius 3 is 2.90 bits per heavy atom. The quantitative estimate of drug-likeness (QED) is 0.813. The van der Waals surface area contributed by atoms with Gasteiger partial charge in [0.15, 0.2) is 5.13 Å². The van der Waals surface area contributed by atoms with Crippen LogP contribution in [0.4, 0.5) is 5.13 Å². The molecule has 0 atom stereocenters. The molecule has 0 bridgehead atoms. The molecular weight excluding hydrogens is 332 g/mol. The van der Waals surface area contributed by atoms with Gasteiger partial charge in [-0.1, -0.05) is 11.6 Å². The molecule has 0 saturated heterocycles. The van der Waals surface area contributed by atoms with Gasteiger partial charge in [0.1, 0.15) is 0 Å². The summed E-state index contributed by atoms with van der Waals surface area (Å²) in [4.78, 5) is 27.8. The maximum absolute atomic E-state index is 11.9. The monoisotopic (exact) mass is 344 g/mol. The number of nitrogens with one attached hydrogen (secondary N) is 1. The minimum atomic E-state index is -0.228. The molecule has 0 spiro atoms. The second-order valence-corrected chi connectivity index (χ2v) is 6.70. The Morgan fingerprint density at radius 1 is 1.43 bits per heavy atom. The number of methoxy groups -OCH3 is 1. The molecule has 112 valence electrons. The number of nitrogens with zero attached hydrogens (tertiary/aromatic N) is 1. The topological polar surface area (TPSA) is 68.3 Å². The lowest BCUT2D eigenvalue weighted by atomic mass is 10.2. The fourth-order valence-electron chi connectivity index (χ4n) is 1.59. The van der Waals surface area contributed by atoms with Crippen molar-refractivity contribution in [1.82, 2.24) is 4.98 Å². The highest BCUT2D eigenvalue weighted by molar-refractivity contribution is 7.18. The lowest BCUT2D eigenvalue weighted by molar-refractivity contribution is -0.140. The Hall–Kier alpha value is -1.44. The smallest absolute Gasteiger partial charge is 0.305 e. The number of amides is 1. The van der Waals surface area contributed by atoms with Crippen molar-refractivity contribution < 1.29 is 14.3 Å². The van der Waals surface area contributed by atoms with E-state index in [4.69, 9.17) is 11.6 Å². The summed E-state index contributed by atoms with van der Waals surface area (Å²) in [6, 6.07) is 3.36. The van der Waals surface area contributed by atoms with Crippen LogP contribution in [-0.4, -0.2) is 24.0 Å². The van der Waals surface area contributed by atoms with Gasteiger partial charge in [0.05, 0.1) is 22.0 Å². The molecule has 0 unspecified atom stereocenters. The van der Waals surface area contributed by atoms with E-state index in [0.29, 0.717) is 33.6 Å². The molecule has 21 heavy (non-hydrogen) atoms. The maximum Gasteiger partial charge on any atom is 0.305 e. The third-order valence-electron chi connectivity index (χ3n) is 2.61. The Balaban J connectivity index is 1.85. The molecule has 1 amide bonds. The van der Waals surface area contributed by atoms with Crippen molar-refractivity contribution in [2.75, 3.05) is 12.4 Å². The van der Waals surface area contributed by atoms with E-state index < -0.39 is 0 Å². The number of aromatic nitrogens is 1. The van der Waals surface area contributed by atoms with Crippen LogP contribution >= 0.6 is 34.3 Å². The number of rotatable bonds is 6. The first-order valence-corrected chi connectivity index (χ1v) is 8.24. The molecule has 2 aromatic rings. The van der Waals surface area contributed by atoms with E-state index in [9.17, 15) is 9.59 Å². The molecule has 0 radical (unpaired) electrons. The molecule has 2 rings (SSSR count). The van der Waals surface area contributed by atoms with Crippen molar-refractivity contribution >= 4 is 51.3 Å². The normalized spacial score (nSPS) is 10.4. The molecular formula is C13H13ClN2O3S2. The molecule has 0 fully saturated rings. The zero-order valence-electron chi connectivity index (χ0n) is 11.2. The first kappa shape index (κ1) is 15.9. The number of ether oxygens (including phenoxy) is 1. The van der Waals surface area contributed by atoms with Crippen LogP contribution in [0.15, 0.2) is 17.5 Å². The Morgan fingerprint density at radius 2 is 2.24 bits per heavy atom. The largest absolute Gasteiger partial charge is 0.469 e. The molecule has 0 saturated carbocycles. The minimum absolute atomic E-state index is 0.220. The highest BCUT2D eigenvalue weighted by atomic mass is 35.5. The maximum atomic E-state index is 11.9. The van der Waals surface area contributed by atoms with Crippen LogP contribution in [0.3, 0.4) is 0 Å². The van der Waals surface area contributed by atoms with E-state index in [1.807, 2.05) is 5.38 Å². The molecule has 5 nitrogen and oxygen atoms in total. The van der Waals surface area contributed by atoms with Gasteiger partial charge < -0.3 is 4.74 Å². The number of hydrogen-bond donors (Lipinski definition) is 1. The predicted molar refractivity (Wildman–Crippen MR) is 84.4 cm³/mol. The third kappa shape index (κ3) is 4.80. The molecule has 1 N–H and O–H groups in total. The van der Waals surface area contributed by atoms with Crippen LogP contribution in [0.1, 0.15) is 28.2 Å². The molecule has 0 aliphatic rings. The number of aryl methyl sites for hydroxylation is 1. The number of halogens is 1. The first-order valence-electron chi connectivity index (χ1n) is 6.16. The van der Waals surface area contributed by atoms with Crippen molar-refractivity contribution in [3.63, 3.8) is 0 Å². The highest BCUT2D eigenvalue weighted by Crippen LogP contribution is 2.23. The average molecular weight is 345 g/mol. The van der Waals surface area contributed by atoms with Gasteiger partial charge in [-0.3, -0.25) is 14.9 Å². The summed E-state index contributed by atoms with van der Waals surface area (Å²) in [5.74, 6) is -0.448. The van der Waals surface area contributed by atoms with Crippen LogP contribution < -0.4 is 5.32 Å². The second-order valence-electron chi connectivity index (χ2n) is 4.13. The average Bonchev–Trinajstić information content (AvgIpc) is 3.08. The van der Waals surface area contributed by atoms with Gasteiger partial charge in [0, 0.05) is 11.8 Å². The zero-order chi connectivity index (χ0) is 15.2. The van der Waals surface area contributed by atoms with Gasteiger partial charge in [0.2, 0.25) is 0 Å². The molecule has 8 heteroatoms. The molecule has 0 aromatic carbocycles. The second kappa shape index (κ2) is 7.53. The number of thiazole rings is 1. The minimum Gasteiger partial charge on any atom is -0.469 e. The number of hydrogen-bond acceptors (Lipinski definition) is 6. The van der Waals surface area contributed by atoms with Crippen LogP contribution in [0.5, 0.6) is 0 Å². The molecule has 0 aliphatic carbocycles. The lowest BCUT2D eigenvalue weighted by Gasteiger charge is -1.98. The summed E-state index contributed by atoms with van der Waals surface area (Å²) in [5, 5.41) is 5.14. The number of carbonyl (C=O) groups is 2. The Labute approximate surface area is 134 Å². The van der Waals surface area contributed by atoms with Crippen molar-refractivity contribution in [3.8, 4) is 0 Å². The van der Waals surface area contributed by atoms with Crippen molar-refractivity contribution in [3.05, 3.63) is 32.4 Å². The summed E-state index contributed by atoms with van der Waals surface area (Å²) in [7, 11) is 1.37. The van der Waals surface area contributed by atoms with Crippen LogP contribution in [0, 0.1) is 0 Å². The van der Waals surface area contributed by atoms with Gasteiger partial charge in [-0.05, 0) is 25.0 Å². The van der Waals surface area contributed by atoms with Crippen LogP contribution in [0.25, 0.3) is 0 Å². The van der Waals surface area contributed by atoms with E-state index in [1.54, 1.807) is 12.1 Å². The molecule has 0 aliphatic heterocycles. The fourth-order valence-corrected chi connectivity index (χ4v) is 3.27. The lowest BCUT2D eigenvalue weighted by Crippen LogP contribution is -2.09. The summed E-state index contributed by atoms with van der Waals surface area (Å²) < 4.78 is 5.15. The van der Waals surface area contributed by atoms with Crippen LogP contribution in [0.2, 0.25) is 4.34 Å². The van der Waals surface area contributed by atoms with Gasteiger partial charge in [-0.2, -0.15) is 0 Å². The summed E-state index contributed by atoms with van der Waals surface area (Å²) in [6.07, 6.45) is 1.71. The SMILES string of the molecule is COC(=O)CCCc1csc(NC(=O)c2ccc(Cl)s2)n1. The Kier molecular flexibility index (Phi) is 5.72. The van der Waals surface area contributed by atoms with Crippen LogP contribution in [-0.2, 0) is 16.0 Å². The van der Waals surface area contributed by atoms with E-state index >= 15 is 0 Å². The zero-order valence-corrected chi connectivity index (χ0v) is 13.6. The van der Waals surface area contributed by atoms with Gasteiger partial charge in [0.25, 0.3) is 5.91 Å². The van der Waals surface area contributed by atoms with E-state index in [2.05, 4.69) is 15.0 Å². The highest BCUT2D eigenvalue weighted by Gasteiger charge is 2.11. The summed E-state index contributed by atoms with van der Waals surface area (Å²) in [5.41, 5.74) is 0.850. The molecule has 2 aromatic heterocycles. The van der Waals surface area contributed by atoms with Gasteiger partial charge in [-0.15, -0.1) is 22.7 Å². The van der Waals surface area contributed by atoms with E-state index in [-0.39, 0.29) is 11.9 Å². The predicted octanol–water partition coefficient (Wildman–Crippen LogP) is 3.61. The summed E-state index contributed by atoms with van der Waals surface area (Å²) >= 11 is 8.37. The third-order valence-corrected chi connectivity index (χ3v) is 4.65. The first-order chi connectivity index (χ1) is 10.1. The Bertz CT molecular complexity index is 639. The van der Waals surface area contributed by atoms with E-state index in [1.165, 1.54) is 29.8 Å². The van der Waals surface area contributed by atoms with Gasteiger partial charge in [-0.25, -0.2) is 4.98 Å². The van der Waals surface area contributed by atoms with Crippen molar-refractivity contribution in [1.29, 1.82) is 0 Å². The van der Waals surface area contributed by atoms with Crippen molar-refractivity contribution in [2.45, 2.75) is 19.3 Å². The number of esters is 1.